The van der Waals surface area contributed by atoms with Crippen molar-refractivity contribution in [2.45, 2.75) is 51.1 Å². The predicted octanol–water partition coefficient (Wildman–Crippen LogP) is 1.12. The van der Waals surface area contributed by atoms with Crippen LogP contribution < -0.4 is 5.73 Å². The molecular formula is C11H20N2O. The zero-order valence-corrected chi connectivity index (χ0v) is 8.91. The van der Waals surface area contributed by atoms with E-state index in [4.69, 9.17) is 5.73 Å². The monoisotopic (exact) mass is 196 g/mol. The van der Waals surface area contributed by atoms with Crippen molar-refractivity contribution in [2.75, 3.05) is 6.54 Å². The van der Waals surface area contributed by atoms with Gasteiger partial charge in [0.15, 0.2) is 0 Å². The number of carbonyl (C=O) groups excluding carboxylic acids is 1. The molecule has 0 aromatic rings. The largest absolute Gasteiger partial charge is 0.338 e. The molecule has 3 nitrogen and oxygen atoms in total. The third kappa shape index (κ3) is 1.78. The number of hydrogen-bond acceptors (Lipinski definition) is 2. The fraction of sp³-hybridized carbons (Fsp3) is 0.909. The first kappa shape index (κ1) is 9.97. The summed E-state index contributed by atoms with van der Waals surface area (Å²) in [6.45, 7) is 3.11. The average Bonchev–Trinajstić information content (AvgIpc) is 2.97. The Morgan fingerprint density at radius 2 is 2.21 bits per heavy atom. The number of nitrogens with zero attached hydrogens (tertiary/aromatic N) is 1. The summed E-state index contributed by atoms with van der Waals surface area (Å²) in [7, 11) is 0. The summed E-state index contributed by atoms with van der Waals surface area (Å²) in [6.07, 6.45) is 5.64. The van der Waals surface area contributed by atoms with Crippen LogP contribution in [0.25, 0.3) is 0 Å². The predicted molar refractivity (Wildman–Crippen MR) is 55.7 cm³/mol. The van der Waals surface area contributed by atoms with Gasteiger partial charge in [-0.25, -0.2) is 0 Å². The second kappa shape index (κ2) is 3.89. The second-order valence-electron chi connectivity index (χ2n) is 4.59. The molecule has 1 saturated carbocycles. The van der Waals surface area contributed by atoms with Crippen LogP contribution in [-0.2, 0) is 4.79 Å². The Morgan fingerprint density at radius 3 is 2.79 bits per heavy atom. The number of likely N-dealkylation sites (tertiary alicyclic amines) is 1. The maximum atomic E-state index is 11.9. The molecule has 1 amide bonds. The summed E-state index contributed by atoms with van der Waals surface area (Å²) < 4.78 is 0. The summed E-state index contributed by atoms with van der Waals surface area (Å²) in [4.78, 5) is 13.9. The number of rotatable bonds is 3. The molecular weight excluding hydrogens is 176 g/mol. The Bertz CT molecular complexity index is 225. The molecule has 1 heterocycles. The molecule has 0 radical (unpaired) electrons. The summed E-state index contributed by atoms with van der Waals surface area (Å²) >= 11 is 0. The highest BCUT2D eigenvalue weighted by Crippen LogP contribution is 2.37. The van der Waals surface area contributed by atoms with Crippen molar-refractivity contribution in [3.63, 3.8) is 0 Å². The number of carbonyl (C=O) groups is 1. The van der Waals surface area contributed by atoms with Crippen LogP contribution in [0, 0.1) is 5.92 Å². The highest BCUT2D eigenvalue weighted by Gasteiger charge is 2.38. The van der Waals surface area contributed by atoms with E-state index in [1.54, 1.807) is 0 Å². The second-order valence-corrected chi connectivity index (χ2v) is 4.59. The Balaban J connectivity index is 2.02. The van der Waals surface area contributed by atoms with Gasteiger partial charge in [-0.15, -0.1) is 0 Å². The first-order chi connectivity index (χ1) is 6.74. The van der Waals surface area contributed by atoms with Crippen LogP contribution in [0.1, 0.15) is 39.0 Å². The lowest BCUT2D eigenvalue weighted by Gasteiger charge is -2.36. The number of amides is 1. The Labute approximate surface area is 85.6 Å². The molecule has 1 saturated heterocycles. The van der Waals surface area contributed by atoms with Crippen molar-refractivity contribution in [3.8, 4) is 0 Å². The smallest absolute Gasteiger partial charge is 0.239 e. The van der Waals surface area contributed by atoms with Gasteiger partial charge in [0.1, 0.15) is 0 Å². The van der Waals surface area contributed by atoms with Gasteiger partial charge in [0.25, 0.3) is 0 Å². The van der Waals surface area contributed by atoms with Gasteiger partial charge in [-0.05, 0) is 38.0 Å². The van der Waals surface area contributed by atoms with Crippen molar-refractivity contribution >= 4 is 5.91 Å². The SMILES string of the molecule is CCC(C1CC1)N1CCCC(N)C1=O. The van der Waals surface area contributed by atoms with Crippen LogP contribution in [-0.4, -0.2) is 29.4 Å². The van der Waals surface area contributed by atoms with E-state index in [1.807, 2.05) is 4.90 Å². The van der Waals surface area contributed by atoms with Crippen molar-refractivity contribution in [1.82, 2.24) is 4.90 Å². The van der Waals surface area contributed by atoms with Gasteiger partial charge in [-0.2, -0.15) is 0 Å². The molecule has 2 rings (SSSR count). The normalized spacial score (nSPS) is 30.6. The van der Waals surface area contributed by atoms with E-state index in [-0.39, 0.29) is 11.9 Å². The molecule has 0 spiro atoms. The number of nitrogens with two attached hydrogens (primary N) is 1. The molecule has 1 aliphatic heterocycles. The average molecular weight is 196 g/mol. The third-order valence-corrected chi connectivity index (χ3v) is 3.50. The van der Waals surface area contributed by atoms with Crippen molar-refractivity contribution in [3.05, 3.63) is 0 Å². The summed E-state index contributed by atoms with van der Waals surface area (Å²) in [5.41, 5.74) is 5.79. The molecule has 3 heteroatoms. The minimum Gasteiger partial charge on any atom is -0.338 e. The molecule has 1 aliphatic carbocycles. The molecule has 2 unspecified atom stereocenters. The minimum absolute atomic E-state index is 0.190. The van der Waals surface area contributed by atoms with Crippen molar-refractivity contribution < 1.29 is 4.79 Å². The molecule has 0 aromatic carbocycles. The third-order valence-electron chi connectivity index (χ3n) is 3.50. The minimum atomic E-state index is -0.225. The number of piperidine rings is 1. The van der Waals surface area contributed by atoms with E-state index >= 15 is 0 Å². The van der Waals surface area contributed by atoms with Gasteiger partial charge in [-0.3, -0.25) is 4.79 Å². The van der Waals surface area contributed by atoms with E-state index in [2.05, 4.69) is 6.92 Å². The fourth-order valence-corrected chi connectivity index (χ4v) is 2.55. The lowest BCUT2D eigenvalue weighted by molar-refractivity contribution is -0.138. The van der Waals surface area contributed by atoms with Crippen LogP contribution in [0.15, 0.2) is 0 Å². The van der Waals surface area contributed by atoms with Crippen LogP contribution in [0.5, 0.6) is 0 Å². The van der Waals surface area contributed by atoms with Gasteiger partial charge in [0.05, 0.1) is 6.04 Å². The molecule has 2 N–H and O–H groups in total. The van der Waals surface area contributed by atoms with Gasteiger partial charge in [-0.1, -0.05) is 6.92 Å². The summed E-state index contributed by atoms with van der Waals surface area (Å²) in [5.74, 6) is 0.962. The van der Waals surface area contributed by atoms with Crippen LogP contribution in [0.3, 0.4) is 0 Å². The van der Waals surface area contributed by atoms with Crippen LogP contribution in [0.4, 0.5) is 0 Å². The topological polar surface area (TPSA) is 46.3 Å². The standard InChI is InChI=1S/C11H20N2O/c1-2-10(8-5-6-8)13-7-3-4-9(12)11(13)14/h8-10H,2-7,12H2,1H3. The van der Waals surface area contributed by atoms with E-state index in [0.717, 1.165) is 31.7 Å². The Hall–Kier alpha value is -0.570. The molecule has 14 heavy (non-hydrogen) atoms. The van der Waals surface area contributed by atoms with Crippen molar-refractivity contribution in [2.24, 2.45) is 11.7 Å². The van der Waals surface area contributed by atoms with E-state index < -0.39 is 0 Å². The summed E-state index contributed by atoms with van der Waals surface area (Å²) in [6, 6.07) is 0.255. The van der Waals surface area contributed by atoms with Crippen LogP contribution in [0.2, 0.25) is 0 Å². The zero-order chi connectivity index (χ0) is 10.1. The molecule has 2 fully saturated rings. The first-order valence-electron chi connectivity index (χ1n) is 5.80. The quantitative estimate of drug-likeness (QED) is 0.735. The highest BCUT2D eigenvalue weighted by atomic mass is 16.2. The molecule has 2 atom stereocenters. The van der Waals surface area contributed by atoms with E-state index in [0.29, 0.717) is 6.04 Å². The maximum absolute atomic E-state index is 11.9. The van der Waals surface area contributed by atoms with Crippen LogP contribution >= 0.6 is 0 Å². The highest BCUT2D eigenvalue weighted by molar-refractivity contribution is 5.82. The zero-order valence-electron chi connectivity index (χ0n) is 8.91. The van der Waals surface area contributed by atoms with Gasteiger partial charge >= 0.3 is 0 Å². The number of hydrogen-bond donors (Lipinski definition) is 1. The van der Waals surface area contributed by atoms with Gasteiger partial charge < -0.3 is 10.6 Å². The molecule has 0 aromatic heterocycles. The van der Waals surface area contributed by atoms with E-state index in [1.165, 1.54) is 12.8 Å². The lowest BCUT2D eigenvalue weighted by atomic mass is 10.00. The Kier molecular flexibility index (Phi) is 2.77. The van der Waals surface area contributed by atoms with Gasteiger partial charge in [0, 0.05) is 12.6 Å². The van der Waals surface area contributed by atoms with Crippen molar-refractivity contribution in [1.29, 1.82) is 0 Å². The molecule has 0 bridgehead atoms. The maximum Gasteiger partial charge on any atom is 0.239 e. The first-order valence-corrected chi connectivity index (χ1v) is 5.80. The molecule has 80 valence electrons. The molecule has 2 aliphatic rings. The van der Waals surface area contributed by atoms with E-state index in [9.17, 15) is 4.79 Å². The fourth-order valence-electron chi connectivity index (χ4n) is 2.55. The van der Waals surface area contributed by atoms with Gasteiger partial charge in [0.2, 0.25) is 5.91 Å². The summed E-state index contributed by atoms with van der Waals surface area (Å²) in [5, 5.41) is 0. The Morgan fingerprint density at radius 1 is 1.50 bits per heavy atom. The lowest BCUT2D eigenvalue weighted by Crippen LogP contribution is -2.53.